The van der Waals surface area contributed by atoms with E-state index in [9.17, 15) is 0 Å². The molecule has 0 aliphatic carbocycles. The SMILES string of the molecule is c1ccc(Cc2nnc(CCc3cnc[nH]3)o2)cc1. The lowest BCUT2D eigenvalue weighted by atomic mass is 10.2. The van der Waals surface area contributed by atoms with Crippen LogP contribution in [0.25, 0.3) is 0 Å². The van der Waals surface area contributed by atoms with Gasteiger partial charge in [0.1, 0.15) is 0 Å². The number of H-pyrrole nitrogens is 1. The van der Waals surface area contributed by atoms with Crippen molar-refractivity contribution in [1.82, 2.24) is 20.2 Å². The van der Waals surface area contributed by atoms with Gasteiger partial charge in [0.05, 0.1) is 12.7 Å². The molecule has 0 saturated heterocycles. The minimum absolute atomic E-state index is 0.658. The first-order valence-electron chi connectivity index (χ1n) is 6.22. The molecule has 0 radical (unpaired) electrons. The summed E-state index contributed by atoms with van der Waals surface area (Å²) in [5.74, 6) is 1.33. The zero-order chi connectivity index (χ0) is 12.9. The molecule has 0 fully saturated rings. The standard InChI is InChI=1S/C14H14N4O/c1-2-4-11(5-3-1)8-14-18-17-13(19-14)7-6-12-9-15-10-16-12/h1-5,9-10H,6-8H2,(H,15,16). The van der Waals surface area contributed by atoms with Crippen LogP contribution in [0.5, 0.6) is 0 Å². The smallest absolute Gasteiger partial charge is 0.220 e. The molecular weight excluding hydrogens is 240 g/mol. The molecule has 2 aromatic heterocycles. The van der Waals surface area contributed by atoms with Gasteiger partial charge < -0.3 is 9.40 Å². The maximum Gasteiger partial charge on any atom is 0.220 e. The van der Waals surface area contributed by atoms with Crippen molar-refractivity contribution in [3.8, 4) is 0 Å². The number of rotatable bonds is 5. The fourth-order valence-electron chi connectivity index (χ4n) is 1.89. The zero-order valence-electron chi connectivity index (χ0n) is 10.4. The molecule has 96 valence electrons. The predicted molar refractivity (Wildman–Crippen MR) is 69.5 cm³/mol. The summed E-state index contributed by atoms with van der Waals surface area (Å²) in [7, 11) is 0. The molecule has 2 heterocycles. The van der Waals surface area contributed by atoms with Crippen LogP contribution in [0, 0.1) is 0 Å². The molecule has 0 bridgehead atoms. The molecule has 19 heavy (non-hydrogen) atoms. The Hall–Kier alpha value is -2.43. The molecule has 1 N–H and O–H groups in total. The third kappa shape index (κ3) is 3.07. The minimum atomic E-state index is 0.658. The average Bonchev–Trinajstić information content (AvgIpc) is 3.09. The molecule has 0 saturated carbocycles. The molecule has 0 atom stereocenters. The Balaban J connectivity index is 1.60. The van der Waals surface area contributed by atoms with E-state index < -0.39 is 0 Å². The van der Waals surface area contributed by atoms with Crippen molar-refractivity contribution in [2.45, 2.75) is 19.3 Å². The van der Waals surface area contributed by atoms with Crippen LogP contribution in [0.4, 0.5) is 0 Å². The Morgan fingerprint density at radius 3 is 2.63 bits per heavy atom. The number of aromatic nitrogens is 4. The first kappa shape index (κ1) is 11.6. The zero-order valence-corrected chi connectivity index (χ0v) is 10.4. The number of hydrogen-bond acceptors (Lipinski definition) is 4. The van der Waals surface area contributed by atoms with Crippen molar-refractivity contribution < 1.29 is 4.42 Å². The van der Waals surface area contributed by atoms with Crippen molar-refractivity contribution >= 4 is 0 Å². The first-order chi connectivity index (χ1) is 9.40. The molecule has 5 heteroatoms. The van der Waals surface area contributed by atoms with Crippen molar-refractivity contribution in [1.29, 1.82) is 0 Å². The normalized spacial score (nSPS) is 10.7. The summed E-state index contributed by atoms with van der Waals surface area (Å²) in [6.07, 6.45) is 5.71. The fraction of sp³-hybridized carbons (Fsp3) is 0.214. The Kier molecular flexibility index (Phi) is 3.36. The summed E-state index contributed by atoms with van der Waals surface area (Å²) in [5.41, 5.74) is 2.24. The van der Waals surface area contributed by atoms with Crippen molar-refractivity contribution in [2.24, 2.45) is 0 Å². The minimum Gasteiger partial charge on any atom is -0.425 e. The van der Waals surface area contributed by atoms with Crippen LogP contribution in [-0.2, 0) is 19.3 Å². The van der Waals surface area contributed by atoms with E-state index in [-0.39, 0.29) is 0 Å². The second-order valence-corrected chi connectivity index (χ2v) is 4.33. The summed E-state index contributed by atoms with van der Waals surface area (Å²) < 4.78 is 5.63. The van der Waals surface area contributed by atoms with Crippen LogP contribution in [0.3, 0.4) is 0 Å². The van der Waals surface area contributed by atoms with E-state index in [1.807, 2.05) is 18.2 Å². The summed E-state index contributed by atoms with van der Waals surface area (Å²) in [4.78, 5) is 7.03. The summed E-state index contributed by atoms with van der Waals surface area (Å²) in [6.45, 7) is 0. The molecule has 0 aliphatic heterocycles. The second-order valence-electron chi connectivity index (χ2n) is 4.33. The molecule has 3 aromatic rings. The van der Waals surface area contributed by atoms with E-state index in [0.717, 1.165) is 18.5 Å². The van der Waals surface area contributed by atoms with E-state index in [4.69, 9.17) is 4.42 Å². The monoisotopic (exact) mass is 254 g/mol. The van der Waals surface area contributed by atoms with E-state index in [1.165, 1.54) is 5.56 Å². The fourth-order valence-corrected chi connectivity index (χ4v) is 1.89. The van der Waals surface area contributed by atoms with Gasteiger partial charge in [0.15, 0.2) is 0 Å². The topological polar surface area (TPSA) is 67.6 Å². The molecule has 0 amide bonds. The number of benzene rings is 1. The van der Waals surface area contributed by atoms with Crippen LogP contribution in [0.1, 0.15) is 23.0 Å². The highest BCUT2D eigenvalue weighted by atomic mass is 16.4. The van der Waals surface area contributed by atoms with Crippen LogP contribution in [-0.4, -0.2) is 20.2 Å². The maximum atomic E-state index is 5.63. The van der Waals surface area contributed by atoms with E-state index in [2.05, 4.69) is 32.3 Å². The van der Waals surface area contributed by atoms with Gasteiger partial charge in [0, 0.05) is 18.3 Å². The van der Waals surface area contributed by atoms with Gasteiger partial charge in [0.25, 0.3) is 0 Å². The Morgan fingerprint density at radius 2 is 1.84 bits per heavy atom. The van der Waals surface area contributed by atoms with Gasteiger partial charge in [0.2, 0.25) is 11.8 Å². The highest BCUT2D eigenvalue weighted by Gasteiger charge is 2.07. The number of nitrogens with zero attached hydrogens (tertiary/aromatic N) is 3. The van der Waals surface area contributed by atoms with Gasteiger partial charge in [-0.3, -0.25) is 0 Å². The molecule has 5 nitrogen and oxygen atoms in total. The highest BCUT2D eigenvalue weighted by molar-refractivity contribution is 5.17. The van der Waals surface area contributed by atoms with Crippen molar-refractivity contribution in [3.05, 3.63) is 65.9 Å². The summed E-state index contributed by atoms with van der Waals surface area (Å²) in [6, 6.07) is 10.1. The van der Waals surface area contributed by atoms with Gasteiger partial charge in [-0.2, -0.15) is 0 Å². The van der Waals surface area contributed by atoms with Crippen LogP contribution in [0.2, 0.25) is 0 Å². The average molecular weight is 254 g/mol. The quantitative estimate of drug-likeness (QED) is 0.757. The van der Waals surface area contributed by atoms with E-state index in [1.54, 1.807) is 12.5 Å². The Morgan fingerprint density at radius 1 is 1.00 bits per heavy atom. The van der Waals surface area contributed by atoms with Gasteiger partial charge in [-0.1, -0.05) is 30.3 Å². The van der Waals surface area contributed by atoms with Gasteiger partial charge in [-0.15, -0.1) is 10.2 Å². The van der Waals surface area contributed by atoms with Crippen molar-refractivity contribution in [2.75, 3.05) is 0 Å². The number of aromatic amines is 1. The molecule has 0 aliphatic rings. The molecule has 3 rings (SSSR count). The molecule has 1 aromatic carbocycles. The molecule has 0 spiro atoms. The van der Waals surface area contributed by atoms with Crippen LogP contribution >= 0.6 is 0 Å². The third-order valence-electron chi connectivity index (χ3n) is 2.87. The van der Waals surface area contributed by atoms with Gasteiger partial charge in [-0.05, 0) is 12.0 Å². The lowest BCUT2D eigenvalue weighted by Gasteiger charge is -1.95. The summed E-state index contributed by atoms with van der Waals surface area (Å²) in [5, 5.41) is 8.13. The Labute approximate surface area is 110 Å². The molecular formula is C14H14N4O. The lowest BCUT2D eigenvalue weighted by molar-refractivity contribution is 0.456. The summed E-state index contributed by atoms with van der Waals surface area (Å²) >= 11 is 0. The number of hydrogen-bond donors (Lipinski definition) is 1. The first-order valence-corrected chi connectivity index (χ1v) is 6.22. The number of nitrogens with one attached hydrogen (secondary N) is 1. The third-order valence-corrected chi connectivity index (χ3v) is 2.87. The van der Waals surface area contributed by atoms with Gasteiger partial charge in [-0.25, -0.2) is 4.98 Å². The predicted octanol–water partition coefficient (Wildman–Crippen LogP) is 2.17. The maximum absolute atomic E-state index is 5.63. The molecule has 0 unspecified atom stereocenters. The largest absolute Gasteiger partial charge is 0.425 e. The lowest BCUT2D eigenvalue weighted by Crippen LogP contribution is -1.91. The van der Waals surface area contributed by atoms with Gasteiger partial charge >= 0.3 is 0 Å². The highest BCUT2D eigenvalue weighted by Crippen LogP contribution is 2.09. The van der Waals surface area contributed by atoms with Crippen LogP contribution < -0.4 is 0 Å². The number of imidazole rings is 1. The number of aryl methyl sites for hydroxylation is 2. The van der Waals surface area contributed by atoms with Crippen LogP contribution in [0.15, 0.2) is 47.3 Å². The second kappa shape index (κ2) is 5.48. The van der Waals surface area contributed by atoms with E-state index in [0.29, 0.717) is 18.2 Å². The van der Waals surface area contributed by atoms with Crippen molar-refractivity contribution in [3.63, 3.8) is 0 Å². The van der Waals surface area contributed by atoms with E-state index >= 15 is 0 Å². The Bertz CT molecular complexity index is 616.